The van der Waals surface area contributed by atoms with Crippen LogP contribution >= 0.6 is 0 Å². The maximum absolute atomic E-state index is 11.1. The number of aromatic nitrogens is 1. The number of aromatic carboxylic acids is 1. The Labute approximate surface area is 87.9 Å². The van der Waals surface area contributed by atoms with E-state index in [2.05, 4.69) is 0 Å². The minimum Gasteiger partial charge on any atom is -0.478 e. The first-order valence-electron chi connectivity index (χ1n) is 4.96. The summed E-state index contributed by atoms with van der Waals surface area (Å²) in [5, 5.41) is 10.1. The fourth-order valence-electron chi connectivity index (χ4n) is 1.93. The van der Waals surface area contributed by atoms with Gasteiger partial charge in [0.1, 0.15) is 0 Å². The average Bonchev–Trinajstić information content (AvgIpc) is 2.58. The number of carboxylic acids is 1. The average molecular weight is 203 g/mol. The highest BCUT2D eigenvalue weighted by atomic mass is 16.4. The number of rotatable bonds is 2. The second kappa shape index (κ2) is 3.42. The van der Waals surface area contributed by atoms with Crippen molar-refractivity contribution in [3.63, 3.8) is 0 Å². The number of hydrogen-bond acceptors (Lipinski definition) is 1. The van der Waals surface area contributed by atoms with Crippen molar-refractivity contribution in [3.8, 4) is 0 Å². The third-order valence-corrected chi connectivity index (χ3v) is 2.58. The molecule has 78 valence electrons. The van der Waals surface area contributed by atoms with E-state index in [4.69, 9.17) is 5.11 Å². The summed E-state index contributed by atoms with van der Waals surface area (Å²) in [4.78, 5) is 11.1. The summed E-state index contributed by atoms with van der Waals surface area (Å²) in [7, 11) is 0. The molecule has 1 aromatic carbocycles. The van der Waals surface area contributed by atoms with Gasteiger partial charge >= 0.3 is 5.97 Å². The van der Waals surface area contributed by atoms with Gasteiger partial charge in [0.2, 0.25) is 0 Å². The van der Waals surface area contributed by atoms with Gasteiger partial charge in [0.15, 0.2) is 0 Å². The maximum Gasteiger partial charge on any atom is 0.337 e. The van der Waals surface area contributed by atoms with Crippen LogP contribution in [0, 0.1) is 6.92 Å². The van der Waals surface area contributed by atoms with Crippen molar-refractivity contribution >= 4 is 16.9 Å². The van der Waals surface area contributed by atoms with Crippen molar-refractivity contribution in [1.29, 1.82) is 0 Å². The molecule has 2 rings (SSSR count). The van der Waals surface area contributed by atoms with Crippen LogP contribution in [-0.4, -0.2) is 15.6 Å². The van der Waals surface area contributed by atoms with Crippen molar-refractivity contribution in [3.05, 3.63) is 35.5 Å². The Morgan fingerprint density at radius 3 is 2.80 bits per heavy atom. The molecule has 0 aliphatic carbocycles. The van der Waals surface area contributed by atoms with Crippen LogP contribution in [0.15, 0.2) is 24.4 Å². The van der Waals surface area contributed by atoms with Crippen LogP contribution in [0.4, 0.5) is 0 Å². The van der Waals surface area contributed by atoms with Gasteiger partial charge in [-0.3, -0.25) is 0 Å². The van der Waals surface area contributed by atoms with E-state index in [1.54, 1.807) is 6.07 Å². The SMILES string of the molecule is CCn1ccc2cc(C)cc(C(=O)O)c21. The number of carbonyl (C=O) groups is 1. The first kappa shape index (κ1) is 9.77. The monoisotopic (exact) mass is 203 g/mol. The number of benzene rings is 1. The van der Waals surface area contributed by atoms with Crippen molar-refractivity contribution in [2.24, 2.45) is 0 Å². The molecule has 3 heteroatoms. The summed E-state index contributed by atoms with van der Waals surface area (Å²) < 4.78 is 1.96. The zero-order chi connectivity index (χ0) is 11.0. The standard InChI is InChI=1S/C12H13NO2/c1-3-13-5-4-9-6-8(2)7-10(11(9)13)12(14)15/h4-7H,3H2,1-2H3,(H,14,15). The Kier molecular flexibility index (Phi) is 2.23. The van der Waals surface area contributed by atoms with Gasteiger partial charge in [0.25, 0.3) is 0 Å². The molecule has 0 saturated heterocycles. The number of nitrogens with zero attached hydrogens (tertiary/aromatic N) is 1. The summed E-state index contributed by atoms with van der Waals surface area (Å²) in [6.45, 7) is 4.70. The van der Waals surface area contributed by atoms with Gasteiger partial charge < -0.3 is 9.67 Å². The van der Waals surface area contributed by atoms with E-state index >= 15 is 0 Å². The number of fused-ring (bicyclic) bond motifs is 1. The first-order valence-corrected chi connectivity index (χ1v) is 4.96. The van der Waals surface area contributed by atoms with Gasteiger partial charge in [0, 0.05) is 18.1 Å². The summed E-state index contributed by atoms with van der Waals surface area (Å²) in [5.74, 6) is -0.864. The van der Waals surface area contributed by atoms with Crippen LogP contribution in [0.3, 0.4) is 0 Å². The van der Waals surface area contributed by atoms with Gasteiger partial charge in [-0.05, 0) is 37.6 Å². The topological polar surface area (TPSA) is 42.2 Å². The summed E-state index contributed by atoms with van der Waals surface area (Å²) in [5.41, 5.74) is 2.18. The second-order valence-electron chi connectivity index (χ2n) is 3.66. The summed E-state index contributed by atoms with van der Waals surface area (Å²) >= 11 is 0. The molecular weight excluding hydrogens is 190 g/mol. The molecule has 0 amide bonds. The van der Waals surface area contributed by atoms with Crippen molar-refractivity contribution in [1.82, 2.24) is 4.57 Å². The van der Waals surface area contributed by atoms with E-state index in [1.165, 1.54) is 0 Å². The first-order chi connectivity index (χ1) is 7.13. The summed E-state index contributed by atoms with van der Waals surface area (Å²) in [6.07, 6.45) is 1.93. The van der Waals surface area contributed by atoms with Crippen molar-refractivity contribution < 1.29 is 9.90 Å². The second-order valence-corrected chi connectivity index (χ2v) is 3.66. The van der Waals surface area contributed by atoms with E-state index in [9.17, 15) is 4.79 Å². The molecule has 0 spiro atoms. The molecule has 0 aliphatic rings. The Morgan fingerprint density at radius 1 is 1.47 bits per heavy atom. The van der Waals surface area contributed by atoms with Crippen LogP contribution in [0.2, 0.25) is 0 Å². The molecule has 0 radical (unpaired) electrons. The van der Waals surface area contributed by atoms with Gasteiger partial charge in [-0.1, -0.05) is 0 Å². The molecule has 1 N–H and O–H groups in total. The molecule has 0 bridgehead atoms. The highest BCUT2D eigenvalue weighted by Gasteiger charge is 2.12. The molecule has 0 aliphatic heterocycles. The van der Waals surface area contributed by atoms with Crippen LogP contribution in [0.1, 0.15) is 22.8 Å². The Hall–Kier alpha value is -1.77. The third kappa shape index (κ3) is 1.50. The van der Waals surface area contributed by atoms with Gasteiger partial charge in [0.05, 0.1) is 11.1 Å². The Morgan fingerprint density at radius 2 is 2.20 bits per heavy atom. The van der Waals surface area contributed by atoms with Crippen LogP contribution in [0.5, 0.6) is 0 Å². The molecule has 0 atom stereocenters. The normalized spacial score (nSPS) is 10.8. The van der Waals surface area contributed by atoms with Crippen LogP contribution in [-0.2, 0) is 6.54 Å². The smallest absolute Gasteiger partial charge is 0.337 e. The molecule has 0 unspecified atom stereocenters. The van der Waals surface area contributed by atoms with Gasteiger partial charge in [-0.25, -0.2) is 4.79 Å². The highest BCUT2D eigenvalue weighted by molar-refractivity contribution is 6.02. The van der Waals surface area contributed by atoms with E-state index in [0.717, 1.165) is 23.0 Å². The molecule has 0 saturated carbocycles. The van der Waals surface area contributed by atoms with Crippen LogP contribution in [0.25, 0.3) is 10.9 Å². The minimum atomic E-state index is -0.864. The zero-order valence-corrected chi connectivity index (χ0v) is 8.82. The molecule has 2 aromatic rings. The fourth-order valence-corrected chi connectivity index (χ4v) is 1.93. The Balaban J connectivity index is 2.85. The maximum atomic E-state index is 11.1. The Bertz CT molecular complexity index is 526. The predicted octanol–water partition coefficient (Wildman–Crippen LogP) is 2.67. The third-order valence-electron chi connectivity index (χ3n) is 2.58. The number of aryl methyl sites for hydroxylation is 2. The molecule has 0 fully saturated rings. The van der Waals surface area contributed by atoms with E-state index < -0.39 is 5.97 Å². The predicted molar refractivity (Wildman–Crippen MR) is 59.3 cm³/mol. The molecule has 1 heterocycles. The van der Waals surface area contributed by atoms with Crippen molar-refractivity contribution in [2.75, 3.05) is 0 Å². The van der Waals surface area contributed by atoms with Crippen LogP contribution < -0.4 is 0 Å². The number of hydrogen-bond donors (Lipinski definition) is 1. The lowest BCUT2D eigenvalue weighted by Gasteiger charge is -2.05. The molecular formula is C12H13NO2. The minimum absolute atomic E-state index is 0.386. The lowest BCUT2D eigenvalue weighted by Crippen LogP contribution is -2.02. The van der Waals surface area contributed by atoms with E-state index in [0.29, 0.717) is 5.56 Å². The lowest BCUT2D eigenvalue weighted by molar-refractivity contribution is 0.0698. The van der Waals surface area contributed by atoms with Gasteiger partial charge in [-0.2, -0.15) is 0 Å². The highest BCUT2D eigenvalue weighted by Crippen LogP contribution is 2.22. The fraction of sp³-hybridized carbons (Fsp3) is 0.250. The zero-order valence-electron chi connectivity index (χ0n) is 8.82. The summed E-state index contributed by atoms with van der Waals surface area (Å²) in [6, 6.07) is 5.68. The van der Waals surface area contributed by atoms with E-state index in [1.807, 2.05) is 36.7 Å². The lowest BCUT2D eigenvalue weighted by atomic mass is 10.1. The quantitative estimate of drug-likeness (QED) is 0.815. The van der Waals surface area contributed by atoms with Gasteiger partial charge in [-0.15, -0.1) is 0 Å². The number of carboxylic acid groups (broad SMARTS) is 1. The molecule has 15 heavy (non-hydrogen) atoms. The molecule has 1 aromatic heterocycles. The van der Waals surface area contributed by atoms with E-state index in [-0.39, 0.29) is 0 Å². The van der Waals surface area contributed by atoms with Crippen molar-refractivity contribution in [2.45, 2.75) is 20.4 Å². The molecule has 3 nitrogen and oxygen atoms in total. The largest absolute Gasteiger partial charge is 0.478 e.